The fraction of sp³-hybridized carbons (Fsp3) is 0.450. The summed E-state index contributed by atoms with van der Waals surface area (Å²) in [6.07, 6.45) is 5.59. The third kappa shape index (κ3) is 1.56. The second-order valence-electron chi connectivity index (χ2n) is 7.32. The molecule has 5 atom stereocenters. The van der Waals surface area contributed by atoms with Crippen molar-refractivity contribution in [3.63, 3.8) is 0 Å². The number of allylic oxidation sites excluding steroid dienone is 1. The maximum Gasteiger partial charge on any atom is 0.125 e. The van der Waals surface area contributed by atoms with Crippen LogP contribution in [0.2, 0.25) is 0 Å². The van der Waals surface area contributed by atoms with Crippen molar-refractivity contribution in [1.29, 1.82) is 0 Å². The van der Waals surface area contributed by atoms with Crippen molar-refractivity contribution in [1.82, 2.24) is 9.47 Å². The molecule has 4 aliphatic heterocycles. The number of fused-ring (bicyclic) bond motifs is 4. The molecule has 0 saturated carbocycles. The first-order valence-corrected chi connectivity index (χ1v) is 8.67. The van der Waals surface area contributed by atoms with Gasteiger partial charge in [-0.1, -0.05) is 29.8 Å². The smallest absolute Gasteiger partial charge is 0.125 e. The molecule has 6 rings (SSSR count). The van der Waals surface area contributed by atoms with Crippen LogP contribution in [-0.2, 0) is 18.3 Å². The second kappa shape index (κ2) is 4.57. The molecule has 0 spiro atoms. The SMILES string of the molecule is C/C=C1/CN2[C@H]3CC1C(C=O)[C@@H]2Cc1c3n(C)c2ccccc12. The Balaban J connectivity index is 1.74. The monoisotopic (exact) mass is 306 g/mol. The van der Waals surface area contributed by atoms with Gasteiger partial charge in [0, 0.05) is 42.1 Å². The number of benzene rings is 1. The number of aromatic nitrogens is 1. The lowest BCUT2D eigenvalue weighted by Gasteiger charge is -2.57. The Morgan fingerprint density at radius 3 is 2.87 bits per heavy atom. The number of hydrogen-bond donors (Lipinski definition) is 0. The van der Waals surface area contributed by atoms with E-state index in [0.717, 1.165) is 19.4 Å². The molecule has 4 aliphatic rings. The van der Waals surface area contributed by atoms with E-state index in [-0.39, 0.29) is 5.92 Å². The zero-order chi connectivity index (χ0) is 15.7. The summed E-state index contributed by atoms with van der Waals surface area (Å²) in [5.41, 5.74) is 5.78. The first kappa shape index (κ1) is 13.6. The molecule has 1 aromatic carbocycles. The predicted octanol–water partition coefficient (Wildman–Crippen LogP) is 3.24. The number of carbonyl (C=O) groups is 1. The number of aldehydes is 1. The number of para-hydroxylation sites is 1. The molecular weight excluding hydrogens is 284 g/mol. The van der Waals surface area contributed by atoms with Gasteiger partial charge in [0.1, 0.15) is 6.29 Å². The van der Waals surface area contributed by atoms with Gasteiger partial charge < -0.3 is 9.36 Å². The van der Waals surface area contributed by atoms with Crippen LogP contribution < -0.4 is 0 Å². The average Bonchev–Trinajstić information content (AvgIpc) is 2.87. The van der Waals surface area contributed by atoms with Crippen molar-refractivity contribution >= 4 is 17.2 Å². The van der Waals surface area contributed by atoms with Crippen LogP contribution in [0, 0.1) is 11.8 Å². The van der Waals surface area contributed by atoms with Gasteiger partial charge in [-0.15, -0.1) is 0 Å². The van der Waals surface area contributed by atoms with Crippen molar-refractivity contribution in [2.24, 2.45) is 18.9 Å². The van der Waals surface area contributed by atoms with Crippen LogP contribution in [0.15, 0.2) is 35.9 Å². The quantitative estimate of drug-likeness (QED) is 0.597. The van der Waals surface area contributed by atoms with Crippen LogP contribution in [0.1, 0.15) is 30.6 Å². The lowest BCUT2D eigenvalue weighted by Crippen LogP contribution is -2.60. The molecule has 0 N–H and O–H groups in total. The Kier molecular flexibility index (Phi) is 2.70. The number of rotatable bonds is 1. The summed E-state index contributed by atoms with van der Waals surface area (Å²) in [7, 11) is 2.21. The first-order valence-electron chi connectivity index (χ1n) is 8.67. The van der Waals surface area contributed by atoms with Crippen LogP contribution in [0.5, 0.6) is 0 Å². The first-order chi connectivity index (χ1) is 11.2. The molecule has 23 heavy (non-hydrogen) atoms. The van der Waals surface area contributed by atoms with Gasteiger partial charge >= 0.3 is 0 Å². The largest absolute Gasteiger partial charge is 0.346 e. The summed E-state index contributed by atoms with van der Waals surface area (Å²) < 4.78 is 2.40. The summed E-state index contributed by atoms with van der Waals surface area (Å²) in [5.74, 6) is 0.613. The summed E-state index contributed by atoms with van der Waals surface area (Å²) in [6.45, 7) is 3.17. The molecular formula is C20H22N2O. The lowest BCUT2D eigenvalue weighted by molar-refractivity contribution is -0.121. The molecule has 0 radical (unpaired) electrons. The molecule has 3 heteroatoms. The van der Waals surface area contributed by atoms with Crippen molar-refractivity contribution in [3.05, 3.63) is 47.2 Å². The highest BCUT2D eigenvalue weighted by Crippen LogP contribution is 2.54. The Morgan fingerprint density at radius 1 is 1.26 bits per heavy atom. The van der Waals surface area contributed by atoms with E-state index in [0.29, 0.717) is 18.0 Å². The minimum absolute atomic E-state index is 0.165. The number of nitrogens with zero attached hydrogens (tertiary/aromatic N) is 2. The van der Waals surface area contributed by atoms with E-state index < -0.39 is 0 Å². The minimum Gasteiger partial charge on any atom is -0.346 e. The van der Waals surface area contributed by atoms with Crippen LogP contribution in [0.4, 0.5) is 0 Å². The van der Waals surface area contributed by atoms with Gasteiger partial charge in [-0.25, -0.2) is 0 Å². The molecule has 3 nitrogen and oxygen atoms in total. The van der Waals surface area contributed by atoms with Gasteiger partial charge in [0.15, 0.2) is 0 Å². The zero-order valence-electron chi connectivity index (χ0n) is 13.7. The number of hydrogen-bond acceptors (Lipinski definition) is 2. The van der Waals surface area contributed by atoms with E-state index in [1.165, 1.54) is 34.0 Å². The average molecular weight is 306 g/mol. The molecule has 3 saturated heterocycles. The van der Waals surface area contributed by atoms with Crippen molar-refractivity contribution in [2.45, 2.75) is 31.8 Å². The molecule has 1 aromatic heterocycles. The molecule has 5 heterocycles. The maximum atomic E-state index is 11.8. The van der Waals surface area contributed by atoms with Crippen LogP contribution in [-0.4, -0.2) is 28.3 Å². The highest BCUT2D eigenvalue weighted by Gasteiger charge is 2.53. The van der Waals surface area contributed by atoms with Crippen molar-refractivity contribution in [2.75, 3.05) is 6.54 Å². The third-order valence-electron chi connectivity index (χ3n) is 6.57. The lowest BCUT2D eigenvalue weighted by atomic mass is 9.64. The van der Waals surface area contributed by atoms with E-state index in [9.17, 15) is 4.79 Å². The number of aryl methyl sites for hydroxylation is 1. The number of piperidine rings is 3. The van der Waals surface area contributed by atoms with Crippen LogP contribution in [0.3, 0.4) is 0 Å². The van der Waals surface area contributed by atoms with Gasteiger partial charge in [0.2, 0.25) is 0 Å². The fourth-order valence-electron chi connectivity index (χ4n) is 5.56. The normalized spacial score (nSPS) is 36.4. The summed E-state index contributed by atoms with van der Waals surface area (Å²) in [4.78, 5) is 14.4. The summed E-state index contributed by atoms with van der Waals surface area (Å²) >= 11 is 0. The Morgan fingerprint density at radius 2 is 2.09 bits per heavy atom. The molecule has 0 amide bonds. The summed E-state index contributed by atoms with van der Waals surface area (Å²) in [5, 5.41) is 1.38. The molecule has 2 aromatic rings. The van der Waals surface area contributed by atoms with E-state index in [4.69, 9.17) is 0 Å². The van der Waals surface area contributed by atoms with Gasteiger partial charge in [-0.3, -0.25) is 4.90 Å². The maximum absolute atomic E-state index is 11.8. The Hall–Kier alpha value is -1.87. The second-order valence-corrected chi connectivity index (χ2v) is 7.32. The van der Waals surface area contributed by atoms with E-state index in [2.05, 4.69) is 53.8 Å². The zero-order valence-corrected chi connectivity index (χ0v) is 13.7. The van der Waals surface area contributed by atoms with Crippen molar-refractivity contribution in [3.8, 4) is 0 Å². The van der Waals surface area contributed by atoms with E-state index in [1.807, 2.05) is 0 Å². The molecule has 0 aliphatic carbocycles. The van der Waals surface area contributed by atoms with Gasteiger partial charge in [0.05, 0.1) is 6.04 Å². The standard InChI is InChI=1S/C20H22N2O/c1-3-12-10-22-18-9-15-13-6-4-5-7-17(13)21(2)20(15)19(22)8-14(12)16(18)11-23/h3-7,11,14,16,18-19H,8-10H2,1-2H3/b12-3-/t14?,16?,18-,19-/m0/s1. The molecule has 3 unspecified atom stereocenters. The summed E-state index contributed by atoms with van der Waals surface area (Å²) in [6, 6.07) is 9.59. The number of carbonyl (C=O) groups excluding carboxylic acids is 1. The van der Waals surface area contributed by atoms with E-state index in [1.54, 1.807) is 0 Å². The fourth-order valence-corrected chi connectivity index (χ4v) is 5.56. The highest BCUT2D eigenvalue weighted by atomic mass is 16.1. The highest BCUT2D eigenvalue weighted by molar-refractivity contribution is 5.86. The topological polar surface area (TPSA) is 25.2 Å². The molecule has 4 bridgehead atoms. The van der Waals surface area contributed by atoms with Gasteiger partial charge in [0.25, 0.3) is 0 Å². The third-order valence-corrected chi connectivity index (χ3v) is 6.57. The Bertz CT molecular complexity index is 847. The Labute approximate surface area is 136 Å². The minimum atomic E-state index is 0.165. The molecule has 118 valence electrons. The van der Waals surface area contributed by atoms with E-state index >= 15 is 0 Å². The van der Waals surface area contributed by atoms with Crippen molar-refractivity contribution < 1.29 is 4.79 Å². The molecule has 3 fully saturated rings. The van der Waals surface area contributed by atoms with Gasteiger partial charge in [-0.2, -0.15) is 0 Å². The van der Waals surface area contributed by atoms with Crippen LogP contribution in [0.25, 0.3) is 10.9 Å². The van der Waals surface area contributed by atoms with Crippen LogP contribution >= 0.6 is 0 Å². The van der Waals surface area contributed by atoms with Gasteiger partial charge in [-0.05, 0) is 37.3 Å². The predicted molar refractivity (Wildman–Crippen MR) is 91.3 cm³/mol.